The van der Waals surface area contributed by atoms with Crippen molar-refractivity contribution in [2.24, 2.45) is 0 Å². The normalized spacial score (nSPS) is 11.2. The van der Waals surface area contributed by atoms with Gasteiger partial charge in [-0.3, -0.25) is 0 Å². The highest BCUT2D eigenvalue weighted by molar-refractivity contribution is 7.26. The molecule has 0 spiro atoms. The predicted molar refractivity (Wildman–Crippen MR) is 121 cm³/mol. The molecule has 2 aromatic heterocycles. The van der Waals surface area contributed by atoms with Crippen molar-refractivity contribution in [2.75, 3.05) is 6.61 Å². The molecule has 0 aliphatic carbocycles. The molecule has 29 heavy (non-hydrogen) atoms. The van der Waals surface area contributed by atoms with Gasteiger partial charge in [0.25, 0.3) is 0 Å². The Hall–Kier alpha value is -2.23. The summed E-state index contributed by atoms with van der Waals surface area (Å²) in [5.74, 6) is 0.0688. The average Bonchev–Trinajstić information content (AvgIpc) is 3.30. The van der Waals surface area contributed by atoms with Gasteiger partial charge in [-0.25, -0.2) is 9.78 Å². The molecule has 2 heterocycles. The van der Waals surface area contributed by atoms with E-state index in [1.807, 2.05) is 13.0 Å². The number of esters is 1. The second-order valence-electron chi connectivity index (χ2n) is 7.49. The minimum absolute atomic E-state index is 0.288. The maximum absolute atomic E-state index is 12.4. The molecule has 3 rings (SSSR count). The van der Waals surface area contributed by atoms with Crippen molar-refractivity contribution in [2.45, 2.75) is 59.3 Å². The number of nitrogens with zero attached hydrogens (tertiary/aromatic N) is 2. The van der Waals surface area contributed by atoms with Crippen molar-refractivity contribution >= 4 is 38.7 Å². The van der Waals surface area contributed by atoms with Crippen LogP contribution in [0.15, 0.2) is 18.2 Å². The Balaban J connectivity index is 1.84. The van der Waals surface area contributed by atoms with Crippen molar-refractivity contribution in [1.29, 1.82) is 5.26 Å². The maximum Gasteiger partial charge on any atom is 0.350 e. The molecule has 152 valence electrons. The number of fused-ring (bicyclic) bond motifs is 1. The SMILES string of the molecule is CCCCCCOC(=O)c1sc(-c2cc3cc(C(C)C)cc(C#N)c3s2)nc1C. The molecular weight excluding hydrogens is 400 g/mol. The van der Waals surface area contributed by atoms with Crippen LogP contribution in [0.25, 0.3) is 20.0 Å². The van der Waals surface area contributed by atoms with Crippen molar-refractivity contribution in [3.05, 3.63) is 39.9 Å². The fraction of sp³-hybridized carbons (Fsp3) is 0.435. The first-order valence-corrected chi connectivity index (χ1v) is 11.7. The average molecular weight is 427 g/mol. The monoisotopic (exact) mass is 426 g/mol. The number of benzene rings is 1. The van der Waals surface area contributed by atoms with Crippen LogP contribution in [-0.2, 0) is 4.74 Å². The molecule has 0 atom stereocenters. The Kier molecular flexibility index (Phi) is 7.05. The fourth-order valence-electron chi connectivity index (χ4n) is 3.15. The number of carbonyl (C=O) groups excluding carboxylic acids is 1. The molecule has 3 aromatic rings. The molecule has 0 N–H and O–H groups in total. The van der Waals surface area contributed by atoms with Gasteiger partial charge in [0.1, 0.15) is 16.0 Å². The van der Waals surface area contributed by atoms with Gasteiger partial charge in [-0.1, -0.05) is 40.0 Å². The lowest BCUT2D eigenvalue weighted by molar-refractivity contribution is 0.0502. The van der Waals surface area contributed by atoms with Crippen LogP contribution < -0.4 is 0 Å². The van der Waals surface area contributed by atoms with Crippen LogP contribution in [0.2, 0.25) is 0 Å². The van der Waals surface area contributed by atoms with Gasteiger partial charge >= 0.3 is 5.97 Å². The number of thiophene rings is 1. The summed E-state index contributed by atoms with van der Waals surface area (Å²) in [6.07, 6.45) is 4.30. The number of aryl methyl sites for hydroxylation is 1. The number of carbonyl (C=O) groups is 1. The molecule has 0 aliphatic rings. The molecule has 0 aliphatic heterocycles. The molecule has 0 radical (unpaired) electrons. The molecule has 0 saturated carbocycles. The molecule has 0 amide bonds. The Morgan fingerprint density at radius 3 is 2.69 bits per heavy atom. The van der Waals surface area contributed by atoms with Gasteiger partial charge in [-0.05, 0) is 48.4 Å². The van der Waals surface area contributed by atoms with E-state index in [2.05, 4.69) is 44.0 Å². The van der Waals surface area contributed by atoms with Gasteiger partial charge < -0.3 is 4.74 Å². The smallest absolute Gasteiger partial charge is 0.350 e. The molecule has 1 aromatic carbocycles. The van der Waals surface area contributed by atoms with Crippen LogP contribution in [0.5, 0.6) is 0 Å². The number of aromatic nitrogens is 1. The molecule has 0 bridgehead atoms. The van der Waals surface area contributed by atoms with Crippen molar-refractivity contribution < 1.29 is 9.53 Å². The Morgan fingerprint density at radius 1 is 1.21 bits per heavy atom. The van der Waals surface area contributed by atoms with Gasteiger partial charge in [0.2, 0.25) is 0 Å². The van der Waals surface area contributed by atoms with E-state index in [-0.39, 0.29) is 5.97 Å². The van der Waals surface area contributed by atoms with E-state index < -0.39 is 0 Å². The largest absolute Gasteiger partial charge is 0.461 e. The van der Waals surface area contributed by atoms with Gasteiger partial charge in [-0.15, -0.1) is 22.7 Å². The molecule has 6 heteroatoms. The molecule has 0 saturated heterocycles. The molecule has 0 unspecified atom stereocenters. The lowest BCUT2D eigenvalue weighted by Crippen LogP contribution is -2.06. The van der Waals surface area contributed by atoms with E-state index in [4.69, 9.17) is 4.74 Å². The van der Waals surface area contributed by atoms with Crippen LogP contribution in [-0.4, -0.2) is 17.6 Å². The van der Waals surface area contributed by atoms with Gasteiger partial charge in [0.05, 0.1) is 27.4 Å². The Morgan fingerprint density at radius 2 is 2.00 bits per heavy atom. The van der Waals surface area contributed by atoms with Crippen LogP contribution >= 0.6 is 22.7 Å². The standard InChI is InChI=1S/C23H26N2O2S2/c1-5-6-7-8-9-27-23(26)20-15(4)25-22(29-20)19-12-17-10-16(14(2)3)11-18(13-24)21(17)28-19/h10-12,14H,5-9H2,1-4H3. The number of ether oxygens (including phenoxy) is 1. The number of rotatable bonds is 8. The number of hydrogen-bond acceptors (Lipinski definition) is 6. The third kappa shape index (κ3) is 4.85. The predicted octanol–water partition coefficient (Wildman–Crippen LogP) is 7.07. The quantitative estimate of drug-likeness (QED) is 0.285. The summed E-state index contributed by atoms with van der Waals surface area (Å²) in [6.45, 7) is 8.71. The third-order valence-corrected chi connectivity index (χ3v) is 7.34. The zero-order valence-electron chi connectivity index (χ0n) is 17.4. The van der Waals surface area contributed by atoms with Crippen LogP contribution in [0.3, 0.4) is 0 Å². The van der Waals surface area contributed by atoms with Gasteiger partial charge in [0, 0.05) is 0 Å². The number of thiazole rings is 1. The second kappa shape index (κ2) is 9.51. The first kappa shape index (κ1) is 21.5. The van der Waals surface area contributed by atoms with Crippen molar-refractivity contribution in [3.8, 4) is 16.0 Å². The zero-order valence-corrected chi connectivity index (χ0v) is 19.0. The van der Waals surface area contributed by atoms with Crippen LogP contribution in [0, 0.1) is 18.3 Å². The fourth-order valence-corrected chi connectivity index (χ4v) is 5.26. The van der Waals surface area contributed by atoms with Crippen molar-refractivity contribution in [3.63, 3.8) is 0 Å². The van der Waals surface area contributed by atoms with E-state index in [0.29, 0.717) is 28.7 Å². The summed E-state index contributed by atoms with van der Waals surface area (Å²) in [4.78, 5) is 18.6. The highest BCUT2D eigenvalue weighted by Gasteiger charge is 2.19. The summed E-state index contributed by atoms with van der Waals surface area (Å²) in [5.41, 5.74) is 2.55. The van der Waals surface area contributed by atoms with Crippen LogP contribution in [0.1, 0.15) is 78.9 Å². The summed E-state index contributed by atoms with van der Waals surface area (Å²) >= 11 is 2.93. The van der Waals surface area contributed by atoms with E-state index in [0.717, 1.165) is 51.2 Å². The molecular formula is C23H26N2O2S2. The topological polar surface area (TPSA) is 63.0 Å². The highest BCUT2D eigenvalue weighted by atomic mass is 32.1. The minimum atomic E-state index is -0.288. The third-order valence-electron chi connectivity index (χ3n) is 4.85. The Labute approximate surface area is 180 Å². The van der Waals surface area contributed by atoms with Gasteiger partial charge in [0.15, 0.2) is 0 Å². The maximum atomic E-state index is 12.4. The summed E-state index contributed by atoms with van der Waals surface area (Å²) < 4.78 is 6.41. The van der Waals surface area contributed by atoms with E-state index >= 15 is 0 Å². The molecule has 0 fully saturated rings. The lowest BCUT2D eigenvalue weighted by atomic mass is 9.99. The van der Waals surface area contributed by atoms with Crippen LogP contribution in [0.4, 0.5) is 0 Å². The summed E-state index contributed by atoms with van der Waals surface area (Å²) in [6, 6.07) is 8.52. The lowest BCUT2D eigenvalue weighted by Gasteiger charge is -2.05. The minimum Gasteiger partial charge on any atom is -0.461 e. The number of nitriles is 1. The Bertz CT molecular complexity index is 1060. The van der Waals surface area contributed by atoms with E-state index in [1.165, 1.54) is 11.3 Å². The van der Waals surface area contributed by atoms with E-state index in [9.17, 15) is 10.1 Å². The first-order chi connectivity index (χ1) is 13.9. The first-order valence-electron chi connectivity index (χ1n) is 10.1. The van der Waals surface area contributed by atoms with Crippen molar-refractivity contribution in [1.82, 2.24) is 4.98 Å². The second-order valence-corrected chi connectivity index (χ2v) is 9.55. The number of hydrogen-bond donors (Lipinski definition) is 0. The number of unbranched alkanes of at least 4 members (excludes halogenated alkanes) is 3. The van der Waals surface area contributed by atoms with E-state index in [1.54, 1.807) is 11.3 Å². The highest BCUT2D eigenvalue weighted by Crippen LogP contribution is 2.39. The zero-order chi connectivity index (χ0) is 21.0. The summed E-state index contributed by atoms with van der Waals surface area (Å²) in [7, 11) is 0. The summed E-state index contributed by atoms with van der Waals surface area (Å²) in [5, 5.41) is 11.4. The van der Waals surface area contributed by atoms with Gasteiger partial charge in [-0.2, -0.15) is 5.26 Å². The molecule has 4 nitrogen and oxygen atoms in total.